The monoisotopic (exact) mass is 382 g/mol. The van der Waals surface area contributed by atoms with Crippen LogP contribution >= 0.6 is 11.6 Å². The Morgan fingerprint density at radius 3 is 2.63 bits per heavy atom. The highest BCUT2D eigenvalue weighted by Gasteiger charge is 2.35. The summed E-state index contributed by atoms with van der Waals surface area (Å²) in [4.78, 5) is 6.92. The molecule has 2 heterocycles. The van der Waals surface area contributed by atoms with Crippen molar-refractivity contribution in [2.24, 2.45) is 5.73 Å². The van der Waals surface area contributed by atoms with E-state index in [1.54, 1.807) is 0 Å². The van der Waals surface area contributed by atoms with Gasteiger partial charge in [0.25, 0.3) is 0 Å². The molecule has 1 aliphatic heterocycles. The van der Waals surface area contributed by atoms with E-state index in [1.165, 1.54) is 5.56 Å². The van der Waals surface area contributed by atoms with E-state index in [0.717, 1.165) is 23.7 Å². The van der Waals surface area contributed by atoms with Gasteiger partial charge in [0, 0.05) is 36.5 Å². The van der Waals surface area contributed by atoms with E-state index < -0.39 is 0 Å². The molecule has 1 fully saturated rings. The van der Waals surface area contributed by atoms with Crippen molar-refractivity contribution in [1.29, 1.82) is 0 Å². The van der Waals surface area contributed by atoms with Gasteiger partial charge in [0.1, 0.15) is 0 Å². The second-order valence-electron chi connectivity index (χ2n) is 7.16. The number of aromatic nitrogens is 2. The van der Waals surface area contributed by atoms with Crippen LogP contribution in [-0.4, -0.2) is 34.2 Å². The van der Waals surface area contributed by atoms with Crippen molar-refractivity contribution in [3.63, 3.8) is 0 Å². The molecule has 0 aliphatic carbocycles. The van der Waals surface area contributed by atoms with Crippen LogP contribution in [0.15, 0.2) is 59.1 Å². The molecule has 4 rings (SSSR count). The van der Waals surface area contributed by atoms with E-state index in [1.807, 2.05) is 30.3 Å². The minimum absolute atomic E-state index is 0.0382. The SMILES string of the molecule is CC(c1nc(Cc2ccc(Cl)cc2)no1)N1C[C@@H](N)[C@H](c2ccccc2)C1. The first-order valence-corrected chi connectivity index (χ1v) is 9.59. The molecule has 140 valence electrons. The first-order chi connectivity index (χ1) is 13.1. The Kier molecular flexibility index (Phi) is 5.25. The van der Waals surface area contributed by atoms with Gasteiger partial charge >= 0.3 is 0 Å². The van der Waals surface area contributed by atoms with Crippen LogP contribution in [0, 0.1) is 0 Å². The molecule has 0 bridgehead atoms. The number of halogens is 1. The van der Waals surface area contributed by atoms with Crippen molar-refractivity contribution in [2.75, 3.05) is 13.1 Å². The maximum absolute atomic E-state index is 6.42. The molecule has 0 spiro atoms. The van der Waals surface area contributed by atoms with Gasteiger partial charge in [-0.2, -0.15) is 4.98 Å². The van der Waals surface area contributed by atoms with Crippen LogP contribution in [0.3, 0.4) is 0 Å². The van der Waals surface area contributed by atoms with Crippen LogP contribution in [0.5, 0.6) is 0 Å². The molecule has 0 radical (unpaired) electrons. The highest BCUT2D eigenvalue weighted by atomic mass is 35.5. The molecule has 2 N–H and O–H groups in total. The molecule has 2 aromatic carbocycles. The summed E-state index contributed by atoms with van der Waals surface area (Å²) in [6.45, 7) is 3.80. The van der Waals surface area contributed by atoms with Crippen LogP contribution in [0.4, 0.5) is 0 Å². The van der Waals surface area contributed by atoms with Crippen molar-refractivity contribution in [3.8, 4) is 0 Å². The van der Waals surface area contributed by atoms with E-state index in [4.69, 9.17) is 21.9 Å². The maximum Gasteiger partial charge on any atom is 0.243 e. The minimum Gasteiger partial charge on any atom is -0.338 e. The van der Waals surface area contributed by atoms with Crippen molar-refractivity contribution in [3.05, 3.63) is 82.5 Å². The Hall–Kier alpha value is -2.21. The molecule has 0 saturated carbocycles. The predicted octanol–water partition coefficient (Wildman–Crippen LogP) is 3.80. The fourth-order valence-electron chi connectivity index (χ4n) is 3.68. The third-order valence-corrected chi connectivity index (χ3v) is 5.54. The number of nitrogens with two attached hydrogens (primary N) is 1. The molecular weight excluding hydrogens is 360 g/mol. The van der Waals surface area contributed by atoms with Crippen molar-refractivity contribution < 1.29 is 4.52 Å². The lowest BCUT2D eigenvalue weighted by atomic mass is 9.95. The Balaban J connectivity index is 1.43. The number of likely N-dealkylation sites (tertiary alicyclic amines) is 1. The molecule has 3 atom stereocenters. The van der Waals surface area contributed by atoms with Crippen molar-refractivity contribution in [2.45, 2.75) is 31.3 Å². The second-order valence-corrected chi connectivity index (χ2v) is 7.60. The molecular formula is C21H23ClN4O. The van der Waals surface area contributed by atoms with Gasteiger partial charge in [0.2, 0.25) is 5.89 Å². The van der Waals surface area contributed by atoms with Crippen LogP contribution in [0.2, 0.25) is 5.02 Å². The van der Waals surface area contributed by atoms with Gasteiger partial charge in [0.05, 0.1) is 6.04 Å². The van der Waals surface area contributed by atoms with Gasteiger partial charge in [-0.05, 0) is 30.2 Å². The maximum atomic E-state index is 6.42. The van der Waals surface area contributed by atoms with Crippen LogP contribution < -0.4 is 5.73 Å². The smallest absolute Gasteiger partial charge is 0.243 e. The Labute approximate surface area is 164 Å². The summed E-state index contributed by atoms with van der Waals surface area (Å²) in [5.74, 6) is 1.65. The minimum atomic E-state index is 0.0382. The fraction of sp³-hybridized carbons (Fsp3) is 0.333. The van der Waals surface area contributed by atoms with E-state index in [0.29, 0.717) is 24.1 Å². The topological polar surface area (TPSA) is 68.2 Å². The van der Waals surface area contributed by atoms with Crippen molar-refractivity contribution in [1.82, 2.24) is 15.0 Å². The van der Waals surface area contributed by atoms with Crippen LogP contribution in [0.1, 0.15) is 41.7 Å². The molecule has 3 aromatic rings. The number of benzene rings is 2. The van der Waals surface area contributed by atoms with E-state index in [9.17, 15) is 0 Å². The number of rotatable bonds is 5. The summed E-state index contributed by atoms with van der Waals surface area (Å²) in [7, 11) is 0. The predicted molar refractivity (Wildman–Crippen MR) is 106 cm³/mol. The summed E-state index contributed by atoms with van der Waals surface area (Å²) in [6, 6.07) is 18.3. The summed E-state index contributed by atoms with van der Waals surface area (Å²) in [5, 5.41) is 4.87. The van der Waals surface area contributed by atoms with Gasteiger partial charge in [-0.3, -0.25) is 4.90 Å². The molecule has 0 amide bonds. The third kappa shape index (κ3) is 4.05. The van der Waals surface area contributed by atoms with Gasteiger partial charge in [-0.25, -0.2) is 0 Å². The molecule has 5 nitrogen and oxygen atoms in total. The standard InChI is InChI=1S/C21H23ClN4O/c1-14(26-12-18(19(23)13-26)16-5-3-2-4-6-16)21-24-20(25-27-21)11-15-7-9-17(22)10-8-15/h2-10,14,18-19H,11-13,23H2,1H3/t14?,18-,19+/m0/s1. The number of nitrogens with zero attached hydrogens (tertiary/aromatic N) is 3. The Morgan fingerprint density at radius 1 is 1.15 bits per heavy atom. The third-order valence-electron chi connectivity index (χ3n) is 5.29. The van der Waals surface area contributed by atoms with Gasteiger partial charge in [-0.15, -0.1) is 0 Å². The van der Waals surface area contributed by atoms with E-state index >= 15 is 0 Å². The van der Waals surface area contributed by atoms with E-state index in [2.05, 4.69) is 46.2 Å². The molecule has 1 aromatic heterocycles. The van der Waals surface area contributed by atoms with Gasteiger partial charge in [-0.1, -0.05) is 59.2 Å². The molecule has 1 aliphatic rings. The molecule has 1 saturated heterocycles. The lowest BCUT2D eigenvalue weighted by Gasteiger charge is -2.20. The number of hydrogen-bond donors (Lipinski definition) is 1. The first kappa shape index (κ1) is 18.2. The fourth-order valence-corrected chi connectivity index (χ4v) is 3.81. The van der Waals surface area contributed by atoms with Crippen molar-refractivity contribution >= 4 is 11.6 Å². The zero-order chi connectivity index (χ0) is 18.8. The second kappa shape index (κ2) is 7.80. The summed E-state index contributed by atoms with van der Waals surface area (Å²) in [6.07, 6.45) is 0.625. The Morgan fingerprint density at radius 2 is 1.89 bits per heavy atom. The summed E-state index contributed by atoms with van der Waals surface area (Å²) in [5.41, 5.74) is 8.81. The molecule has 1 unspecified atom stereocenters. The highest BCUT2D eigenvalue weighted by molar-refractivity contribution is 6.30. The lowest BCUT2D eigenvalue weighted by molar-refractivity contribution is 0.205. The molecule has 6 heteroatoms. The lowest BCUT2D eigenvalue weighted by Crippen LogP contribution is -2.30. The van der Waals surface area contributed by atoms with Crippen LogP contribution in [0.25, 0.3) is 0 Å². The summed E-state index contributed by atoms with van der Waals surface area (Å²) >= 11 is 5.94. The average Bonchev–Trinajstić information content (AvgIpc) is 3.30. The quantitative estimate of drug-likeness (QED) is 0.726. The summed E-state index contributed by atoms with van der Waals surface area (Å²) < 4.78 is 5.54. The van der Waals surface area contributed by atoms with Crippen LogP contribution in [-0.2, 0) is 6.42 Å². The van der Waals surface area contributed by atoms with Gasteiger partial charge in [0.15, 0.2) is 5.82 Å². The number of hydrogen-bond acceptors (Lipinski definition) is 5. The zero-order valence-corrected chi connectivity index (χ0v) is 16.0. The first-order valence-electron chi connectivity index (χ1n) is 9.21. The van der Waals surface area contributed by atoms with Gasteiger partial charge < -0.3 is 10.3 Å². The largest absolute Gasteiger partial charge is 0.338 e. The Bertz CT molecular complexity index is 881. The average molecular weight is 383 g/mol. The zero-order valence-electron chi connectivity index (χ0n) is 15.3. The van der Waals surface area contributed by atoms with E-state index in [-0.39, 0.29) is 12.1 Å². The highest BCUT2D eigenvalue weighted by Crippen LogP contribution is 2.32. The normalized spacial score (nSPS) is 21.4. The molecule has 27 heavy (non-hydrogen) atoms.